The van der Waals surface area contributed by atoms with E-state index in [1.807, 2.05) is 31.2 Å². The van der Waals surface area contributed by atoms with E-state index in [9.17, 15) is 25.5 Å². The maximum absolute atomic E-state index is 10.3. The summed E-state index contributed by atoms with van der Waals surface area (Å²) < 4.78 is 5.55. The summed E-state index contributed by atoms with van der Waals surface area (Å²) in [5, 5.41) is 50.3. The number of aryl methyl sites for hydroxylation is 1. The third kappa shape index (κ3) is 4.11. The third-order valence-electron chi connectivity index (χ3n) is 4.91. The Hall–Kier alpha value is -1.67. The normalized spacial score (nSPS) is 28.3. The Bertz CT molecular complexity index is 792. The molecule has 5 N–H and O–H groups in total. The van der Waals surface area contributed by atoms with Crippen molar-refractivity contribution in [2.45, 2.75) is 43.9 Å². The van der Waals surface area contributed by atoms with Crippen molar-refractivity contribution in [2.75, 3.05) is 6.61 Å². The average Bonchev–Trinajstić information content (AvgIpc) is 2.64. The summed E-state index contributed by atoms with van der Waals surface area (Å²) in [6.07, 6.45) is -6.11. The molecule has 146 valence electrons. The Labute approximate surface area is 162 Å². The van der Waals surface area contributed by atoms with E-state index in [1.54, 1.807) is 6.07 Å². The second-order valence-electron chi connectivity index (χ2n) is 6.91. The molecule has 0 amide bonds. The van der Waals surface area contributed by atoms with Crippen molar-refractivity contribution in [1.82, 2.24) is 0 Å². The van der Waals surface area contributed by atoms with Gasteiger partial charge in [0.25, 0.3) is 0 Å². The monoisotopic (exact) mass is 394 g/mol. The number of aliphatic hydroxyl groups excluding tert-OH is 4. The molecule has 1 aliphatic heterocycles. The zero-order valence-electron chi connectivity index (χ0n) is 14.8. The standard InChI is InChI=1S/C20H23ClO6/c1-10-2-4-11(5-3-10)6-12-7-13(15(23)8-14(12)21)20-19(26)18(25)17(24)16(9-22)27-20/h2-5,7-8,16-20,22-26H,6,9H2,1H3/t16-,17-,18+,19-,20+/m1/s1. The lowest BCUT2D eigenvalue weighted by Crippen LogP contribution is -2.55. The van der Waals surface area contributed by atoms with Crippen LogP contribution in [0.15, 0.2) is 36.4 Å². The maximum atomic E-state index is 10.3. The van der Waals surface area contributed by atoms with Crippen molar-refractivity contribution in [2.24, 2.45) is 0 Å². The van der Waals surface area contributed by atoms with Gasteiger partial charge in [0.05, 0.1) is 6.61 Å². The quantitative estimate of drug-likeness (QED) is 0.537. The van der Waals surface area contributed by atoms with Crippen LogP contribution in [0.1, 0.15) is 28.4 Å². The van der Waals surface area contributed by atoms with Gasteiger partial charge in [0.2, 0.25) is 0 Å². The number of ether oxygens (including phenoxy) is 1. The van der Waals surface area contributed by atoms with Crippen molar-refractivity contribution < 1.29 is 30.3 Å². The molecule has 0 unspecified atom stereocenters. The van der Waals surface area contributed by atoms with Crippen LogP contribution in [-0.4, -0.2) is 56.6 Å². The fraction of sp³-hybridized carbons (Fsp3) is 0.400. The number of phenolic OH excluding ortho intramolecular Hbond substituents is 1. The molecule has 7 heteroatoms. The molecule has 27 heavy (non-hydrogen) atoms. The maximum Gasteiger partial charge on any atom is 0.122 e. The molecule has 1 heterocycles. The van der Waals surface area contributed by atoms with Gasteiger partial charge >= 0.3 is 0 Å². The first-order valence-electron chi connectivity index (χ1n) is 8.69. The van der Waals surface area contributed by atoms with Gasteiger partial charge in [0.15, 0.2) is 0 Å². The van der Waals surface area contributed by atoms with Gasteiger partial charge in [0.1, 0.15) is 36.3 Å². The summed E-state index contributed by atoms with van der Waals surface area (Å²) in [6.45, 7) is 1.46. The summed E-state index contributed by atoms with van der Waals surface area (Å²) in [5.41, 5.74) is 3.11. The van der Waals surface area contributed by atoms with Crippen LogP contribution in [0.5, 0.6) is 5.75 Å². The molecule has 3 rings (SSSR count). The van der Waals surface area contributed by atoms with Crippen LogP contribution < -0.4 is 0 Å². The van der Waals surface area contributed by atoms with Gasteiger partial charge in [-0.25, -0.2) is 0 Å². The molecule has 6 nitrogen and oxygen atoms in total. The number of aromatic hydroxyl groups is 1. The van der Waals surface area contributed by atoms with Crippen molar-refractivity contribution >= 4 is 11.6 Å². The molecule has 0 radical (unpaired) electrons. The predicted octanol–water partition coefficient (Wildman–Crippen LogP) is 1.46. The first-order chi connectivity index (χ1) is 12.8. The van der Waals surface area contributed by atoms with E-state index in [1.165, 1.54) is 6.07 Å². The van der Waals surface area contributed by atoms with Gasteiger partial charge in [-0.1, -0.05) is 41.4 Å². The van der Waals surface area contributed by atoms with Crippen molar-refractivity contribution in [1.29, 1.82) is 0 Å². The lowest BCUT2D eigenvalue weighted by molar-refractivity contribution is -0.232. The highest BCUT2D eigenvalue weighted by Gasteiger charge is 2.44. The molecule has 0 spiro atoms. The van der Waals surface area contributed by atoms with Crippen LogP contribution in [0.25, 0.3) is 0 Å². The highest BCUT2D eigenvalue weighted by molar-refractivity contribution is 6.31. The molecular weight excluding hydrogens is 372 g/mol. The lowest BCUT2D eigenvalue weighted by atomic mass is 9.89. The Kier molecular flexibility index (Phi) is 6.05. The molecule has 1 aliphatic rings. The minimum atomic E-state index is -1.52. The van der Waals surface area contributed by atoms with E-state index in [4.69, 9.17) is 16.3 Å². The van der Waals surface area contributed by atoms with Crippen molar-refractivity contribution in [3.63, 3.8) is 0 Å². The Morgan fingerprint density at radius 3 is 2.30 bits per heavy atom. The first kappa shape index (κ1) is 20.1. The summed E-state index contributed by atoms with van der Waals surface area (Å²) in [7, 11) is 0. The smallest absolute Gasteiger partial charge is 0.122 e. The molecule has 1 fully saturated rings. The van der Waals surface area contributed by atoms with Crippen LogP contribution >= 0.6 is 11.6 Å². The second kappa shape index (κ2) is 8.14. The summed E-state index contributed by atoms with van der Waals surface area (Å²) in [4.78, 5) is 0. The van der Waals surface area contributed by atoms with Crippen LogP contribution in [-0.2, 0) is 11.2 Å². The lowest BCUT2D eigenvalue weighted by Gasteiger charge is -2.40. The zero-order chi connectivity index (χ0) is 19.7. The zero-order valence-corrected chi connectivity index (χ0v) is 15.5. The number of rotatable bonds is 4. The predicted molar refractivity (Wildman–Crippen MR) is 99.8 cm³/mol. The van der Waals surface area contributed by atoms with Gasteiger partial charge < -0.3 is 30.3 Å². The summed E-state index contributed by atoms with van der Waals surface area (Å²) in [6, 6.07) is 10.9. The molecule has 2 aromatic carbocycles. The van der Waals surface area contributed by atoms with Crippen molar-refractivity contribution in [3.8, 4) is 5.75 Å². The molecule has 5 atom stereocenters. The topological polar surface area (TPSA) is 110 Å². The Balaban J connectivity index is 1.94. The largest absolute Gasteiger partial charge is 0.508 e. The van der Waals surface area contributed by atoms with E-state index in [0.717, 1.165) is 11.1 Å². The molecule has 0 bridgehead atoms. The van der Waals surface area contributed by atoms with Gasteiger partial charge in [-0.3, -0.25) is 0 Å². The van der Waals surface area contributed by atoms with E-state index < -0.39 is 37.1 Å². The summed E-state index contributed by atoms with van der Waals surface area (Å²) in [5.74, 6) is -0.197. The second-order valence-corrected chi connectivity index (χ2v) is 7.32. The summed E-state index contributed by atoms with van der Waals surface area (Å²) >= 11 is 6.27. The number of aliphatic hydroxyl groups is 4. The molecule has 0 saturated carbocycles. The van der Waals surface area contributed by atoms with Crippen molar-refractivity contribution in [3.05, 3.63) is 63.7 Å². The molecular formula is C20H23ClO6. The van der Waals surface area contributed by atoms with Gasteiger partial charge in [-0.05, 0) is 36.6 Å². The first-order valence-corrected chi connectivity index (χ1v) is 9.07. The minimum absolute atomic E-state index is 0.197. The highest BCUT2D eigenvalue weighted by atomic mass is 35.5. The van der Waals surface area contributed by atoms with E-state index in [-0.39, 0.29) is 11.3 Å². The molecule has 1 saturated heterocycles. The van der Waals surface area contributed by atoms with Gasteiger partial charge in [-0.15, -0.1) is 0 Å². The molecule has 2 aromatic rings. The van der Waals surface area contributed by atoms with Crippen LogP contribution in [0.4, 0.5) is 0 Å². The molecule has 0 aliphatic carbocycles. The fourth-order valence-electron chi connectivity index (χ4n) is 3.27. The van der Waals surface area contributed by atoms with Gasteiger partial charge in [0, 0.05) is 10.6 Å². The number of hydrogen-bond acceptors (Lipinski definition) is 6. The third-order valence-corrected chi connectivity index (χ3v) is 5.26. The van der Waals surface area contributed by atoms with E-state index in [0.29, 0.717) is 17.0 Å². The Morgan fingerprint density at radius 1 is 1.00 bits per heavy atom. The highest BCUT2D eigenvalue weighted by Crippen LogP contribution is 2.39. The van der Waals surface area contributed by atoms with Crippen LogP contribution in [0.2, 0.25) is 5.02 Å². The van der Waals surface area contributed by atoms with Crippen LogP contribution in [0.3, 0.4) is 0 Å². The van der Waals surface area contributed by atoms with E-state index in [2.05, 4.69) is 0 Å². The van der Waals surface area contributed by atoms with Crippen LogP contribution in [0, 0.1) is 6.92 Å². The number of hydrogen-bond donors (Lipinski definition) is 5. The van der Waals surface area contributed by atoms with Gasteiger partial charge in [-0.2, -0.15) is 0 Å². The average molecular weight is 395 g/mol. The number of halogens is 1. The van der Waals surface area contributed by atoms with E-state index >= 15 is 0 Å². The number of benzene rings is 2. The molecule has 0 aromatic heterocycles. The number of phenols is 1. The minimum Gasteiger partial charge on any atom is -0.508 e. The SMILES string of the molecule is Cc1ccc(Cc2cc([C@@H]3O[C@H](CO)[C@@H](O)[C@H](O)[C@H]3O)c(O)cc2Cl)cc1. The Morgan fingerprint density at radius 2 is 1.67 bits per heavy atom. The fourth-order valence-corrected chi connectivity index (χ4v) is 3.50.